The summed E-state index contributed by atoms with van der Waals surface area (Å²) in [4.78, 5) is 11.2. The van der Waals surface area contributed by atoms with Gasteiger partial charge in [-0.2, -0.15) is 0 Å². The van der Waals surface area contributed by atoms with Gasteiger partial charge in [0.05, 0.1) is 5.92 Å². The van der Waals surface area contributed by atoms with Crippen LogP contribution in [0.4, 0.5) is 0 Å². The van der Waals surface area contributed by atoms with Gasteiger partial charge in [0.2, 0.25) is 0 Å². The molecular formula is C15H16FeO+2. The summed E-state index contributed by atoms with van der Waals surface area (Å²) in [6.45, 7) is 3.84. The van der Waals surface area contributed by atoms with E-state index in [2.05, 4.69) is 0 Å². The Labute approximate surface area is 117 Å². The summed E-state index contributed by atoms with van der Waals surface area (Å²) in [5.74, 6) is 0.862. The first-order chi connectivity index (χ1) is 7.70. The zero-order chi connectivity index (χ0) is 11.8. The van der Waals surface area contributed by atoms with Gasteiger partial charge in [0, 0.05) is 0 Å². The molecule has 0 heterocycles. The van der Waals surface area contributed by atoms with E-state index in [0.29, 0.717) is 0 Å². The van der Waals surface area contributed by atoms with E-state index in [1.54, 1.807) is 6.08 Å². The number of hydrogen-bond acceptors (Lipinski definition) is 1. The van der Waals surface area contributed by atoms with Crippen molar-refractivity contribution in [3.8, 4) is 0 Å². The van der Waals surface area contributed by atoms with Gasteiger partial charge in [-0.05, 0) is 77.7 Å². The fourth-order valence-electron chi connectivity index (χ4n) is 1.20. The van der Waals surface area contributed by atoms with Crippen molar-refractivity contribution in [1.82, 2.24) is 0 Å². The number of rotatable bonds is 2. The maximum atomic E-state index is 11.2. The van der Waals surface area contributed by atoms with E-state index in [1.807, 2.05) is 71.6 Å². The van der Waals surface area contributed by atoms with Gasteiger partial charge in [-0.25, -0.2) is 0 Å². The van der Waals surface area contributed by atoms with E-state index in [-0.39, 0.29) is 22.9 Å². The van der Waals surface area contributed by atoms with Crippen LogP contribution in [0.2, 0.25) is 0 Å². The molecule has 2 saturated carbocycles. The maximum absolute atomic E-state index is 11.2. The molecule has 2 rings (SSSR count). The molecule has 0 N–H and O–H groups in total. The van der Waals surface area contributed by atoms with Crippen LogP contribution in [0.1, 0.15) is 13.8 Å². The van der Waals surface area contributed by atoms with Gasteiger partial charge in [-0.3, -0.25) is 4.79 Å². The van der Waals surface area contributed by atoms with Crippen LogP contribution in [-0.4, -0.2) is 5.78 Å². The number of carbonyl (C=O) groups is 1. The van der Waals surface area contributed by atoms with Gasteiger partial charge in [0.1, 0.15) is 0 Å². The van der Waals surface area contributed by atoms with Crippen molar-refractivity contribution < 1.29 is 21.9 Å². The molecule has 17 heavy (non-hydrogen) atoms. The Bertz CT molecular complexity index is 224. The Morgan fingerprint density at radius 1 is 0.882 bits per heavy atom. The second kappa shape index (κ2) is 9.91. The molecule has 0 aromatic heterocycles. The van der Waals surface area contributed by atoms with Crippen molar-refractivity contribution in [2.75, 3.05) is 0 Å². The molecule has 10 radical (unpaired) electrons. The Hall–Kier alpha value is -0.0705. The van der Waals surface area contributed by atoms with Crippen molar-refractivity contribution in [3.63, 3.8) is 0 Å². The molecule has 0 aromatic rings. The molecule has 2 aliphatic rings. The molecule has 88 valence electrons. The second-order valence-corrected chi connectivity index (χ2v) is 3.72. The smallest absolute Gasteiger partial charge is 0.294 e. The topological polar surface area (TPSA) is 17.1 Å². The molecule has 0 spiro atoms. The SMILES string of the molecule is CC(C)=CC(=O)[C]1[CH][CH][CH][CH]1.[CH]1[CH][CH][CH][CH]1.[Fe+2]. The molecule has 0 unspecified atom stereocenters. The van der Waals surface area contributed by atoms with Gasteiger partial charge in [0.15, 0.2) is 5.78 Å². The van der Waals surface area contributed by atoms with Gasteiger partial charge < -0.3 is 0 Å². The van der Waals surface area contributed by atoms with Crippen molar-refractivity contribution in [2.45, 2.75) is 13.8 Å². The first kappa shape index (κ1) is 16.9. The van der Waals surface area contributed by atoms with E-state index in [9.17, 15) is 4.79 Å². The number of carbonyl (C=O) groups excluding carboxylic acids is 1. The molecule has 2 heteroatoms. The normalized spacial score (nSPS) is 18.9. The Kier molecular flexibility index (Phi) is 9.87. The van der Waals surface area contributed by atoms with Gasteiger partial charge in [-0.1, -0.05) is 5.57 Å². The molecule has 0 bridgehead atoms. The first-order valence-electron chi connectivity index (χ1n) is 5.28. The molecule has 2 aliphatic carbocycles. The third kappa shape index (κ3) is 7.78. The zero-order valence-electron chi connectivity index (χ0n) is 10.0. The minimum Gasteiger partial charge on any atom is -0.294 e. The fraction of sp³-hybridized carbons (Fsp3) is 0.133. The predicted molar refractivity (Wildman–Crippen MR) is 66.4 cm³/mol. The minimum absolute atomic E-state index is 0. The van der Waals surface area contributed by atoms with Crippen molar-refractivity contribution in [1.29, 1.82) is 0 Å². The van der Waals surface area contributed by atoms with E-state index < -0.39 is 0 Å². The van der Waals surface area contributed by atoms with Crippen LogP contribution in [0.5, 0.6) is 0 Å². The van der Waals surface area contributed by atoms with Gasteiger partial charge in [-0.15, -0.1) is 0 Å². The molecule has 2 fully saturated rings. The summed E-state index contributed by atoms with van der Waals surface area (Å²) in [5.41, 5.74) is 1.04. The minimum atomic E-state index is 0. The van der Waals surface area contributed by atoms with E-state index in [4.69, 9.17) is 0 Å². The van der Waals surface area contributed by atoms with Gasteiger partial charge >= 0.3 is 17.1 Å². The second-order valence-electron chi connectivity index (χ2n) is 3.72. The summed E-state index contributed by atoms with van der Waals surface area (Å²) in [6, 6.07) is 0. The van der Waals surface area contributed by atoms with Crippen molar-refractivity contribution in [2.24, 2.45) is 0 Å². The summed E-state index contributed by atoms with van der Waals surface area (Å²) in [7, 11) is 0. The summed E-state index contributed by atoms with van der Waals surface area (Å²) < 4.78 is 0. The Morgan fingerprint density at radius 3 is 1.65 bits per heavy atom. The number of ketones is 1. The Balaban J connectivity index is 0.000000360. The monoisotopic (exact) mass is 268 g/mol. The standard InChI is InChI=1S/C10H11O.C5H5.Fe/c1-8(2)7-10(11)9-5-3-4-6-9;1-2-4-5-3-1;/h3-7H,1-2H3;1-5H;/q;;+2. The van der Waals surface area contributed by atoms with Crippen LogP contribution in [-0.2, 0) is 21.9 Å². The molecular weight excluding hydrogens is 252 g/mol. The molecule has 0 aliphatic heterocycles. The third-order valence-corrected chi connectivity index (χ3v) is 1.92. The Morgan fingerprint density at radius 2 is 1.29 bits per heavy atom. The molecule has 0 aromatic carbocycles. The fourth-order valence-corrected chi connectivity index (χ4v) is 1.20. The van der Waals surface area contributed by atoms with Crippen LogP contribution in [0.25, 0.3) is 0 Å². The molecule has 0 amide bonds. The predicted octanol–water partition coefficient (Wildman–Crippen LogP) is 2.95. The third-order valence-electron chi connectivity index (χ3n) is 1.92. The average Bonchev–Trinajstić information content (AvgIpc) is 2.94. The van der Waals surface area contributed by atoms with Gasteiger partial charge in [0.25, 0.3) is 0 Å². The maximum Gasteiger partial charge on any atom is 2.00 e. The molecule has 1 nitrogen and oxygen atoms in total. The van der Waals surface area contributed by atoms with Crippen LogP contribution in [0, 0.1) is 63.7 Å². The van der Waals surface area contributed by atoms with Crippen LogP contribution >= 0.6 is 0 Å². The molecule has 0 saturated heterocycles. The first-order valence-corrected chi connectivity index (χ1v) is 5.28. The van der Waals surface area contributed by atoms with Crippen molar-refractivity contribution in [3.05, 3.63) is 75.4 Å². The summed E-state index contributed by atoms with van der Waals surface area (Å²) in [6.07, 6.45) is 19.0. The molecule has 0 atom stereocenters. The summed E-state index contributed by atoms with van der Waals surface area (Å²) in [5, 5.41) is 0. The van der Waals surface area contributed by atoms with Crippen LogP contribution in [0.15, 0.2) is 11.6 Å². The number of allylic oxidation sites excluding steroid dienone is 2. The van der Waals surface area contributed by atoms with E-state index in [0.717, 1.165) is 11.5 Å². The zero-order valence-corrected chi connectivity index (χ0v) is 11.1. The number of hydrogen-bond donors (Lipinski definition) is 0. The average molecular weight is 268 g/mol. The van der Waals surface area contributed by atoms with E-state index in [1.165, 1.54) is 0 Å². The summed E-state index contributed by atoms with van der Waals surface area (Å²) >= 11 is 0. The van der Waals surface area contributed by atoms with Crippen LogP contribution < -0.4 is 0 Å². The quantitative estimate of drug-likeness (QED) is 0.556. The van der Waals surface area contributed by atoms with Crippen LogP contribution in [0.3, 0.4) is 0 Å². The van der Waals surface area contributed by atoms with E-state index >= 15 is 0 Å². The van der Waals surface area contributed by atoms with Crippen molar-refractivity contribution >= 4 is 5.78 Å². The largest absolute Gasteiger partial charge is 2.00 e.